The Morgan fingerprint density at radius 2 is 2.13 bits per heavy atom. The highest BCUT2D eigenvalue weighted by molar-refractivity contribution is 7.16. The molecule has 1 atom stereocenters. The molecule has 5 nitrogen and oxygen atoms in total. The molecule has 3 rings (SSSR count). The minimum absolute atomic E-state index is 0.0216. The summed E-state index contributed by atoms with van der Waals surface area (Å²) in [5, 5.41) is 7.41. The summed E-state index contributed by atoms with van der Waals surface area (Å²) in [6.07, 6.45) is 1.44. The fourth-order valence-electron chi connectivity index (χ4n) is 2.41. The van der Waals surface area contributed by atoms with Crippen molar-refractivity contribution in [1.29, 1.82) is 0 Å². The first-order chi connectivity index (χ1) is 11.1. The molecule has 0 aromatic carbocycles. The van der Waals surface area contributed by atoms with Crippen molar-refractivity contribution in [2.45, 2.75) is 26.4 Å². The van der Waals surface area contributed by atoms with E-state index < -0.39 is 0 Å². The topological polar surface area (TPSA) is 64.0 Å². The van der Waals surface area contributed by atoms with Gasteiger partial charge in [0.1, 0.15) is 11.4 Å². The standard InChI is InChI=1S/C16H17N3O2S2/c1-10(2)14(12-4-3-6-22-12)18-13(20)8-19-9-17-15-11(16(19)21)5-7-23-15/h3-7,9-10,14H,8H2,1-2H3,(H,18,20)/t14-/m0/s1. The molecule has 0 spiro atoms. The van der Waals surface area contributed by atoms with E-state index in [0.717, 1.165) is 4.88 Å². The first-order valence-electron chi connectivity index (χ1n) is 7.31. The largest absolute Gasteiger partial charge is 0.347 e. The van der Waals surface area contributed by atoms with Crippen LogP contribution in [0.1, 0.15) is 24.8 Å². The summed E-state index contributed by atoms with van der Waals surface area (Å²) in [5.41, 5.74) is -0.177. The molecular formula is C16H17N3O2S2. The molecule has 0 aliphatic heterocycles. The summed E-state index contributed by atoms with van der Waals surface area (Å²) in [5.74, 6) is 0.0855. The van der Waals surface area contributed by atoms with E-state index in [-0.39, 0.29) is 30.0 Å². The van der Waals surface area contributed by atoms with E-state index in [2.05, 4.69) is 24.1 Å². The molecule has 0 saturated carbocycles. The van der Waals surface area contributed by atoms with Crippen LogP contribution >= 0.6 is 22.7 Å². The first-order valence-corrected chi connectivity index (χ1v) is 9.07. The predicted octanol–water partition coefficient (Wildman–Crippen LogP) is 3.03. The van der Waals surface area contributed by atoms with Crippen LogP contribution in [0.4, 0.5) is 0 Å². The quantitative estimate of drug-likeness (QED) is 0.771. The van der Waals surface area contributed by atoms with Crippen LogP contribution < -0.4 is 10.9 Å². The second kappa shape index (κ2) is 6.64. The molecule has 0 aliphatic carbocycles. The number of thiophene rings is 2. The van der Waals surface area contributed by atoms with E-state index in [1.54, 1.807) is 17.4 Å². The first kappa shape index (κ1) is 15.9. The molecule has 1 N–H and O–H groups in total. The minimum Gasteiger partial charge on any atom is -0.347 e. The van der Waals surface area contributed by atoms with Crippen molar-refractivity contribution >= 4 is 38.8 Å². The number of hydrogen-bond donors (Lipinski definition) is 1. The van der Waals surface area contributed by atoms with E-state index >= 15 is 0 Å². The van der Waals surface area contributed by atoms with Gasteiger partial charge in [0.25, 0.3) is 5.56 Å². The van der Waals surface area contributed by atoms with Crippen LogP contribution in [0.3, 0.4) is 0 Å². The van der Waals surface area contributed by atoms with Gasteiger partial charge >= 0.3 is 0 Å². The molecule has 23 heavy (non-hydrogen) atoms. The van der Waals surface area contributed by atoms with Gasteiger partial charge in [-0.3, -0.25) is 14.2 Å². The lowest BCUT2D eigenvalue weighted by Gasteiger charge is -2.21. The second-order valence-electron chi connectivity index (χ2n) is 5.62. The minimum atomic E-state index is -0.185. The molecule has 0 saturated heterocycles. The van der Waals surface area contributed by atoms with E-state index in [1.807, 2.05) is 22.9 Å². The third-order valence-electron chi connectivity index (χ3n) is 3.60. The Balaban J connectivity index is 1.77. The predicted molar refractivity (Wildman–Crippen MR) is 93.9 cm³/mol. The van der Waals surface area contributed by atoms with Crippen LogP contribution in [0.2, 0.25) is 0 Å². The van der Waals surface area contributed by atoms with E-state index in [4.69, 9.17) is 0 Å². The maximum absolute atomic E-state index is 12.4. The Bertz CT molecular complexity index is 865. The van der Waals surface area contributed by atoms with Crippen LogP contribution in [0.5, 0.6) is 0 Å². The van der Waals surface area contributed by atoms with Gasteiger partial charge in [-0.1, -0.05) is 19.9 Å². The van der Waals surface area contributed by atoms with Gasteiger partial charge in [0, 0.05) is 4.88 Å². The van der Waals surface area contributed by atoms with Gasteiger partial charge in [0.05, 0.1) is 17.8 Å². The highest BCUT2D eigenvalue weighted by atomic mass is 32.1. The normalized spacial score (nSPS) is 12.7. The van der Waals surface area contributed by atoms with Crippen molar-refractivity contribution in [1.82, 2.24) is 14.9 Å². The van der Waals surface area contributed by atoms with Crippen LogP contribution in [0.15, 0.2) is 40.1 Å². The summed E-state index contributed by atoms with van der Waals surface area (Å²) >= 11 is 3.04. The van der Waals surface area contributed by atoms with Gasteiger partial charge in [-0.15, -0.1) is 22.7 Å². The van der Waals surface area contributed by atoms with Gasteiger partial charge in [-0.25, -0.2) is 4.98 Å². The maximum Gasteiger partial charge on any atom is 0.262 e. The van der Waals surface area contributed by atoms with Gasteiger partial charge in [0.15, 0.2) is 0 Å². The van der Waals surface area contributed by atoms with Gasteiger partial charge < -0.3 is 5.32 Å². The Hall–Kier alpha value is -1.99. The number of carbonyl (C=O) groups is 1. The number of rotatable bonds is 5. The summed E-state index contributed by atoms with van der Waals surface area (Å²) in [4.78, 5) is 30.7. The van der Waals surface area contributed by atoms with Crippen molar-refractivity contribution in [2.75, 3.05) is 0 Å². The summed E-state index contributed by atoms with van der Waals surface area (Å²) in [7, 11) is 0. The molecule has 0 unspecified atom stereocenters. The molecule has 0 fully saturated rings. The second-order valence-corrected chi connectivity index (χ2v) is 7.50. The van der Waals surface area contributed by atoms with E-state index in [0.29, 0.717) is 10.2 Å². The van der Waals surface area contributed by atoms with Crippen molar-refractivity contribution in [3.05, 3.63) is 50.5 Å². The third kappa shape index (κ3) is 3.35. The van der Waals surface area contributed by atoms with Crippen molar-refractivity contribution in [3.63, 3.8) is 0 Å². The van der Waals surface area contributed by atoms with Gasteiger partial charge in [-0.2, -0.15) is 0 Å². The van der Waals surface area contributed by atoms with Crippen LogP contribution in [0.25, 0.3) is 10.2 Å². The summed E-state index contributed by atoms with van der Waals surface area (Å²) in [6, 6.07) is 5.68. The number of amides is 1. The zero-order chi connectivity index (χ0) is 16.4. The highest BCUT2D eigenvalue weighted by Gasteiger charge is 2.19. The molecule has 1 amide bonds. The molecule has 0 bridgehead atoms. The van der Waals surface area contributed by atoms with Crippen molar-refractivity contribution in [2.24, 2.45) is 5.92 Å². The van der Waals surface area contributed by atoms with Gasteiger partial charge in [0.2, 0.25) is 5.91 Å². The molecule has 3 heterocycles. The number of nitrogens with zero attached hydrogens (tertiary/aromatic N) is 2. The number of hydrogen-bond acceptors (Lipinski definition) is 5. The molecule has 0 aliphatic rings. The van der Waals surface area contributed by atoms with Crippen LogP contribution in [-0.4, -0.2) is 15.5 Å². The van der Waals surface area contributed by atoms with Crippen molar-refractivity contribution in [3.8, 4) is 0 Å². The highest BCUT2D eigenvalue weighted by Crippen LogP contribution is 2.25. The average molecular weight is 347 g/mol. The van der Waals surface area contributed by atoms with E-state index in [1.165, 1.54) is 22.2 Å². The number of fused-ring (bicyclic) bond motifs is 1. The van der Waals surface area contributed by atoms with Gasteiger partial charge in [-0.05, 0) is 28.8 Å². The SMILES string of the molecule is CC(C)[C@H](NC(=O)Cn1cnc2sccc2c1=O)c1cccs1. The monoisotopic (exact) mass is 347 g/mol. The number of aromatic nitrogens is 2. The smallest absolute Gasteiger partial charge is 0.262 e. The lowest BCUT2D eigenvalue weighted by atomic mass is 10.0. The Morgan fingerprint density at radius 3 is 2.83 bits per heavy atom. The fourth-order valence-corrected chi connectivity index (χ4v) is 4.09. The van der Waals surface area contributed by atoms with Crippen LogP contribution in [0, 0.1) is 5.92 Å². The van der Waals surface area contributed by atoms with Crippen LogP contribution in [-0.2, 0) is 11.3 Å². The van der Waals surface area contributed by atoms with Crippen molar-refractivity contribution < 1.29 is 4.79 Å². The number of carbonyl (C=O) groups excluding carboxylic acids is 1. The molecule has 3 aromatic heterocycles. The molecule has 7 heteroatoms. The maximum atomic E-state index is 12.4. The fraction of sp³-hybridized carbons (Fsp3) is 0.312. The number of nitrogens with one attached hydrogen (secondary N) is 1. The summed E-state index contributed by atoms with van der Waals surface area (Å²) < 4.78 is 1.36. The third-order valence-corrected chi connectivity index (χ3v) is 5.37. The Morgan fingerprint density at radius 1 is 1.30 bits per heavy atom. The summed E-state index contributed by atoms with van der Waals surface area (Å²) in [6.45, 7) is 4.11. The Kier molecular flexibility index (Phi) is 4.58. The zero-order valence-electron chi connectivity index (χ0n) is 12.9. The Labute approximate surface area is 141 Å². The molecular weight excluding hydrogens is 330 g/mol. The average Bonchev–Trinajstić information content (AvgIpc) is 3.18. The lowest BCUT2D eigenvalue weighted by molar-refractivity contribution is -0.122. The molecule has 0 radical (unpaired) electrons. The molecule has 3 aromatic rings. The lowest BCUT2D eigenvalue weighted by Crippen LogP contribution is -2.36. The zero-order valence-corrected chi connectivity index (χ0v) is 14.5. The van der Waals surface area contributed by atoms with E-state index in [9.17, 15) is 9.59 Å². The molecule has 120 valence electrons.